The lowest BCUT2D eigenvalue weighted by Crippen LogP contribution is -2.11. The summed E-state index contributed by atoms with van der Waals surface area (Å²) in [7, 11) is 0. The minimum Gasteiger partial charge on any atom is -0.456 e. The molecule has 0 amide bonds. The molecule has 1 aliphatic rings. The van der Waals surface area contributed by atoms with Crippen LogP contribution in [0.5, 0.6) is 0 Å². The molecule has 0 saturated heterocycles. The first-order valence-electron chi connectivity index (χ1n) is 19.6. The summed E-state index contributed by atoms with van der Waals surface area (Å²) in [6.07, 6.45) is 6.45. The number of hydrogen-bond donors (Lipinski definition) is 0. The van der Waals surface area contributed by atoms with E-state index in [0.29, 0.717) is 5.92 Å². The summed E-state index contributed by atoms with van der Waals surface area (Å²) in [5, 5.41) is 7.18. The average molecular weight is 710 g/mol. The lowest BCUT2D eigenvalue weighted by Gasteiger charge is -2.29. The van der Waals surface area contributed by atoms with Crippen LogP contribution in [-0.2, 0) is 0 Å². The van der Waals surface area contributed by atoms with Crippen LogP contribution >= 0.6 is 0 Å². The van der Waals surface area contributed by atoms with Crippen molar-refractivity contribution >= 4 is 71.7 Å². The molecular formula is C52H39NO2. The van der Waals surface area contributed by atoms with Gasteiger partial charge in [-0.2, -0.15) is 0 Å². The highest BCUT2D eigenvalue weighted by Crippen LogP contribution is 2.47. The van der Waals surface area contributed by atoms with Gasteiger partial charge in [0.05, 0.1) is 5.69 Å². The molecule has 0 spiro atoms. The molecule has 1 aliphatic carbocycles. The van der Waals surface area contributed by atoms with Crippen LogP contribution in [0.4, 0.5) is 17.1 Å². The number of rotatable bonds is 6. The maximum absolute atomic E-state index is 6.54. The molecule has 3 nitrogen and oxygen atoms in total. The number of nitrogens with zero attached hydrogens (tertiary/aromatic N) is 1. The van der Waals surface area contributed by atoms with Gasteiger partial charge in [-0.05, 0) is 88.7 Å². The van der Waals surface area contributed by atoms with Crippen molar-refractivity contribution in [1.82, 2.24) is 0 Å². The minimum atomic E-state index is 0.579. The molecule has 0 N–H and O–H groups in total. The zero-order valence-corrected chi connectivity index (χ0v) is 30.5. The van der Waals surface area contributed by atoms with Crippen LogP contribution in [0.15, 0.2) is 179 Å². The summed E-state index contributed by atoms with van der Waals surface area (Å²) in [5.74, 6) is 0.579. The van der Waals surface area contributed by atoms with Crippen LogP contribution in [0.1, 0.15) is 43.6 Å². The summed E-state index contributed by atoms with van der Waals surface area (Å²) >= 11 is 0. The standard InChI is InChI=1S/C52H39NO2/c1-2-14-34(15-3-1)39-23-11-16-35-17-12-25-45(51(35)39)41-20-4-7-27-47(41)53(38-30-31-44-42-21-5-8-28-48(42)54-50(44)33-38)37-19-10-18-36(32-37)40-24-13-26-46-43-22-6-9-29-49(43)55-52(40)46/h4-13,16-34H,1-3,14-15H2. The summed E-state index contributed by atoms with van der Waals surface area (Å²) < 4.78 is 13.0. The highest BCUT2D eigenvalue weighted by Gasteiger charge is 2.24. The van der Waals surface area contributed by atoms with Gasteiger partial charge < -0.3 is 13.7 Å². The van der Waals surface area contributed by atoms with E-state index in [1.54, 1.807) is 0 Å². The first-order chi connectivity index (χ1) is 27.3. The Balaban J connectivity index is 1.14. The van der Waals surface area contributed by atoms with E-state index in [2.05, 4.69) is 163 Å². The Morgan fingerprint density at radius 3 is 1.95 bits per heavy atom. The molecule has 10 aromatic rings. The molecule has 0 bridgehead atoms. The van der Waals surface area contributed by atoms with E-state index in [9.17, 15) is 0 Å². The molecule has 2 aromatic heterocycles. The molecule has 3 heteroatoms. The van der Waals surface area contributed by atoms with E-state index >= 15 is 0 Å². The summed E-state index contributed by atoms with van der Waals surface area (Å²) in [4.78, 5) is 2.41. The van der Waals surface area contributed by atoms with Crippen LogP contribution in [-0.4, -0.2) is 0 Å². The molecule has 264 valence electrons. The van der Waals surface area contributed by atoms with Crippen LogP contribution in [0, 0.1) is 0 Å². The smallest absolute Gasteiger partial charge is 0.143 e. The zero-order valence-electron chi connectivity index (χ0n) is 30.5. The van der Waals surface area contributed by atoms with Gasteiger partial charge in [0.1, 0.15) is 22.3 Å². The van der Waals surface area contributed by atoms with Crippen LogP contribution in [0.3, 0.4) is 0 Å². The Hall–Kier alpha value is -6.58. The highest BCUT2D eigenvalue weighted by atomic mass is 16.3. The van der Waals surface area contributed by atoms with Gasteiger partial charge in [0.25, 0.3) is 0 Å². The number of anilines is 3. The van der Waals surface area contributed by atoms with E-state index in [4.69, 9.17) is 8.83 Å². The number of benzene rings is 8. The number of hydrogen-bond acceptors (Lipinski definition) is 3. The van der Waals surface area contributed by atoms with Crippen LogP contribution in [0.25, 0.3) is 76.9 Å². The van der Waals surface area contributed by atoms with Gasteiger partial charge >= 0.3 is 0 Å². The third kappa shape index (κ3) is 5.33. The van der Waals surface area contributed by atoms with Crippen LogP contribution < -0.4 is 4.90 Å². The van der Waals surface area contributed by atoms with Crippen molar-refractivity contribution in [2.45, 2.75) is 38.0 Å². The largest absolute Gasteiger partial charge is 0.456 e. The Labute approximate surface area is 320 Å². The lowest BCUT2D eigenvalue weighted by atomic mass is 9.80. The predicted octanol–water partition coefficient (Wildman–Crippen LogP) is 15.5. The number of para-hydroxylation sites is 4. The predicted molar refractivity (Wildman–Crippen MR) is 230 cm³/mol. The fraction of sp³-hybridized carbons (Fsp3) is 0.115. The number of fused-ring (bicyclic) bond motifs is 7. The summed E-state index contributed by atoms with van der Waals surface area (Å²) in [6.45, 7) is 0. The van der Waals surface area contributed by atoms with Crippen molar-refractivity contribution in [2.24, 2.45) is 0 Å². The third-order valence-electron chi connectivity index (χ3n) is 11.9. The molecule has 8 aromatic carbocycles. The van der Waals surface area contributed by atoms with Gasteiger partial charge in [-0.25, -0.2) is 0 Å². The van der Waals surface area contributed by atoms with E-state index in [-0.39, 0.29) is 0 Å². The molecule has 1 fully saturated rings. The highest BCUT2D eigenvalue weighted by molar-refractivity contribution is 6.10. The Kier molecular flexibility index (Phi) is 7.58. The summed E-state index contributed by atoms with van der Waals surface area (Å²) in [6, 6.07) is 61.3. The Bertz CT molecular complexity index is 3040. The second-order valence-corrected chi connectivity index (χ2v) is 15.0. The minimum absolute atomic E-state index is 0.579. The maximum atomic E-state index is 6.54. The lowest BCUT2D eigenvalue weighted by molar-refractivity contribution is 0.445. The van der Waals surface area contributed by atoms with Gasteiger partial charge in [0.2, 0.25) is 0 Å². The molecule has 11 rings (SSSR count). The normalized spacial score (nSPS) is 13.7. The Morgan fingerprint density at radius 1 is 0.436 bits per heavy atom. The molecule has 0 atom stereocenters. The van der Waals surface area contributed by atoms with Crippen molar-refractivity contribution < 1.29 is 8.83 Å². The SMILES string of the molecule is c1cc(-c2cccc3c2oc2ccccc23)cc(N(c2ccc3c(c2)oc2ccccc23)c2ccccc2-c2cccc3cccc(C4CCCCC4)c23)c1. The zero-order chi connectivity index (χ0) is 36.3. The van der Waals surface area contributed by atoms with Gasteiger partial charge in [0, 0.05) is 50.1 Å². The molecule has 1 saturated carbocycles. The fourth-order valence-corrected chi connectivity index (χ4v) is 9.31. The fourth-order valence-electron chi connectivity index (χ4n) is 9.31. The Morgan fingerprint density at radius 2 is 1.07 bits per heavy atom. The van der Waals surface area contributed by atoms with Crippen molar-refractivity contribution in [3.05, 3.63) is 175 Å². The number of furan rings is 2. The molecule has 55 heavy (non-hydrogen) atoms. The quantitative estimate of drug-likeness (QED) is 0.172. The summed E-state index contributed by atoms with van der Waals surface area (Å²) in [5.41, 5.74) is 12.9. The van der Waals surface area contributed by atoms with Gasteiger partial charge in [-0.15, -0.1) is 0 Å². The van der Waals surface area contributed by atoms with E-state index < -0.39 is 0 Å². The van der Waals surface area contributed by atoms with Crippen molar-refractivity contribution in [1.29, 1.82) is 0 Å². The third-order valence-corrected chi connectivity index (χ3v) is 11.9. The van der Waals surface area contributed by atoms with E-state index in [1.807, 2.05) is 12.1 Å². The first-order valence-corrected chi connectivity index (χ1v) is 19.6. The molecule has 2 heterocycles. The van der Waals surface area contributed by atoms with Gasteiger partial charge in [0.15, 0.2) is 0 Å². The van der Waals surface area contributed by atoms with Crippen LogP contribution in [0.2, 0.25) is 0 Å². The van der Waals surface area contributed by atoms with Gasteiger partial charge in [-0.1, -0.05) is 141 Å². The molecule has 0 unspecified atom stereocenters. The van der Waals surface area contributed by atoms with Crippen molar-refractivity contribution in [3.8, 4) is 22.3 Å². The maximum Gasteiger partial charge on any atom is 0.143 e. The monoisotopic (exact) mass is 709 g/mol. The topological polar surface area (TPSA) is 29.5 Å². The van der Waals surface area contributed by atoms with E-state index in [0.717, 1.165) is 72.1 Å². The first kappa shape index (κ1) is 31.9. The van der Waals surface area contributed by atoms with Crippen molar-refractivity contribution in [2.75, 3.05) is 4.90 Å². The molecular weight excluding hydrogens is 671 g/mol. The second-order valence-electron chi connectivity index (χ2n) is 15.0. The van der Waals surface area contributed by atoms with E-state index in [1.165, 1.54) is 59.6 Å². The average Bonchev–Trinajstić information content (AvgIpc) is 3.82. The van der Waals surface area contributed by atoms with Crippen molar-refractivity contribution in [3.63, 3.8) is 0 Å². The molecule has 0 radical (unpaired) electrons. The molecule has 0 aliphatic heterocycles. The second kappa shape index (κ2) is 13.1. The van der Waals surface area contributed by atoms with Gasteiger partial charge in [-0.3, -0.25) is 0 Å².